The lowest BCUT2D eigenvalue weighted by Crippen LogP contribution is -2.41. The number of benzene rings is 1. The summed E-state index contributed by atoms with van der Waals surface area (Å²) in [5.41, 5.74) is 7.23. The second-order valence-electron chi connectivity index (χ2n) is 6.16. The number of nitrogens with two attached hydrogens (primary N) is 1. The third-order valence-electron chi connectivity index (χ3n) is 4.78. The van der Waals surface area contributed by atoms with Gasteiger partial charge in [0.25, 0.3) is 0 Å². The molecule has 1 aromatic rings. The molecule has 1 unspecified atom stereocenters. The Balaban J connectivity index is 1.64. The van der Waals surface area contributed by atoms with E-state index in [1.54, 1.807) is 0 Å². The highest BCUT2D eigenvalue weighted by molar-refractivity contribution is 5.39. The molecule has 0 spiro atoms. The number of fused-ring (bicyclic) bond motifs is 1. The maximum Gasteiger partial charge on any atom is 0.123 e. The fourth-order valence-corrected chi connectivity index (χ4v) is 3.42. The van der Waals surface area contributed by atoms with Crippen molar-refractivity contribution in [1.29, 1.82) is 0 Å². The van der Waals surface area contributed by atoms with Crippen LogP contribution in [-0.4, -0.2) is 25.4 Å². The first-order valence-electron chi connectivity index (χ1n) is 7.89. The summed E-state index contributed by atoms with van der Waals surface area (Å²) in [5, 5.41) is 0. The zero-order valence-electron chi connectivity index (χ0n) is 12.1. The Kier molecular flexibility index (Phi) is 4.27. The summed E-state index contributed by atoms with van der Waals surface area (Å²) in [7, 11) is 0. The molecule has 0 radical (unpaired) electrons. The molecule has 1 fully saturated rings. The van der Waals surface area contributed by atoms with Crippen molar-refractivity contribution >= 4 is 0 Å². The van der Waals surface area contributed by atoms with Crippen molar-refractivity contribution in [2.45, 2.75) is 50.0 Å². The summed E-state index contributed by atoms with van der Waals surface area (Å²) in [6.45, 7) is 2.11. The smallest absolute Gasteiger partial charge is 0.123 e. The van der Waals surface area contributed by atoms with Gasteiger partial charge in [-0.05, 0) is 18.9 Å². The maximum atomic E-state index is 6.34. The molecule has 1 saturated carbocycles. The van der Waals surface area contributed by atoms with E-state index >= 15 is 0 Å². The third kappa shape index (κ3) is 2.84. The summed E-state index contributed by atoms with van der Waals surface area (Å²) in [4.78, 5) is 0. The molecule has 1 aliphatic heterocycles. The predicted octanol–water partition coefficient (Wildman–Crippen LogP) is 3.23. The molecule has 2 N–H and O–H groups in total. The number of rotatable bonds is 4. The van der Waals surface area contributed by atoms with E-state index in [9.17, 15) is 0 Å². The highest BCUT2D eigenvalue weighted by Gasteiger charge is 2.33. The van der Waals surface area contributed by atoms with E-state index in [4.69, 9.17) is 15.2 Å². The van der Waals surface area contributed by atoms with E-state index in [1.165, 1.54) is 31.2 Å². The third-order valence-corrected chi connectivity index (χ3v) is 4.78. The lowest BCUT2D eigenvalue weighted by Gasteiger charge is -2.32. The Labute approximate surface area is 121 Å². The standard InChI is InChI=1S/C17H25NO2/c18-13-17(9-5-1-2-6-10-17)20-12-14-11-19-16-8-4-3-7-15(14)16/h3-4,7-8,14H,1-2,5-6,9-13,18H2. The van der Waals surface area contributed by atoms with Gasteiger partial charge < -0.3 is 15.2 Å². The Hall–Kier alpha value is -1.06. The normalized spacial score (nSPS) is 24.8. The van der Waals surface area contributed by atoms with E-state index < -0.39 is 0 Å². The summed E-state index contributed by atoms with van der Waals surface area (Å²) < 4.78 is 12.1. The molecule has 0 aromatic heterocycles. The molecule has 0 bridgehead atoms. The number of hydrogen-bond donors (Lipinski definition) is 1. The first-order chi connectivity index (χ1) is 9.83. The highest BCUT2D eigenvalue weighted by atomic mass is 16.5. The monoisotopic (exact) mass is 275 g/mol. The van der Waals surface area contributed by atoms with Crippen LogP contribution in [0.25, 0.3) is 0 Å². The van der Waals surface area contributed by atoms with Crippen molar-refractivity contribution < 1.29 is 9.47 Å². The van der Waals surface area contributed by atoms with Gasteiger partial charge in [-0.3, -0.25) is 0 Å². The Morgan fingerprint density at radius 3 is 2.65 bits per heavy atom. The van der Waals surface area contributed by atoms with Crippen LogP contribution in [0.1, 0.15) is 50.0 Å². The molecule has 3 rings (SSSR count). The van der Waals surface area contributed by atoms with Crippen LogP contribution in [0, 0.1) is 0 Å². The minimum Gasteiger partial charge on any atom is -0.493 e. The molecule has 20 heavy (non-hydrogen) atoms. The second kappa shape index (κ2) is 6.15. The van der Waals surface area contributed by atoms with Crippen molar-refractivity contribution in [2.24, 2.45) is 5.73 Å². The lowest BCUT2D eigenvalue weighted by molar-refractivity contribution is -0.0566. The topological polar surface area (TPSA) is 44.5 Å². The second-order valence-corrected chi connectivity index (χ2v) is 6.16. The first kappa shape index (κ1) is 13.9. The van der Waals surface area contributed by atoms with Gasteiger partial charge in [0.05, 0.1) is 18.8 Å². The highest BCUT2D eigenvalue weighted by Crippen LogP contribution is 2.36. The maximum absolute atomic E-state index is 6.34. The molecule has 1 atom stereocenters. The molecule has 3 heteroatoms. The lowest BCUT2D eigenvalue weighted by atomic mass is 9.93. The van der Waals surface area contributed by atoms with E-state index in [1.807, 2.05) is 12.1 Å². The summed E-state index contributed by atoms with van der Waals surface area (Å²) in [6.07, 6.45) is 7.35. The molecule has 2 aliphatic rings. The van der Waals surface area contributed by atoms with Crippen LogP contribution < -0.4 is 10.5 Å². The van der Waals surface area contributed by atoms with Crippen LogP contribution in [0.5, 0.6) is 5.75 Å². The molecular weight excluding hydrogens is 250 g/mol. The fraction of sp³-hybridized carbons (Fsp3) is 0.647. The Morgan fingerprint density at radius 2 is 1.90 bits per heavy atom. The summed E-state index contributed by atoms with van der Waals surface area (Å²) in [5.74, 6) is 1.38. The van der Waals surface area contributed by atoms with E-state index in [2.05, 4.69) is 12.1 Å². The van der Waals surface area contributed by atoms with Gasteiger partial charge in [-0.2, -0.15) is 0 Å². The van der Waals surface area contributed by atoms with Gasteiger partial charge in [0.1, 0.15) is 5.75 Å². The average Bonchev–Trinajstić information content (AvgIpc) is 2.76. The van der Waals surface area contributed by atoms with Crippen LogP contribution in [-0.2, 0) is 4.74 Å². The summed E-state index contributed by atoms with van der Waals surface area (Å²) >= 11 is 0. The average molecular weight is 275 g/mol. The van der Waals surface area contributed by atoms with Gasteiger partial charge in [0.2, 0.25) is 0 Å². The van der Waals surface area contributed by atoms with Gasteiger partial charge in [-0.25, -0.2) is 0 Å². The Morgan fingerprint density at radius 1 is 1.15 bits per heavy atom. The quantitative estimate of drug-likeness (QED) is 0.858. The zero-order chi connectivity index (χ0) is 13.8. The van der Waals surface area contributed by atoms with Crippen molar-refractivity contribution in [3.05, 3.63) is 29.8 Å². The van der Waals surface area contributed by atoms with Gasteiger partial charge in [-0.15, -0.1) is 0 Å². The molecule has 1 heterocycles. The molecule has 3 nitrogen and oxygen atoms in total. The van der Waals surface area contributed by atoms with Gasteiger partial charge >= 0.3 is 0 Å². The largest absolute Gasteiger partial charge is 0.493 e. The molecule has 110 valence electrons. The van der Waals surface area contributed by atoms with Crippen molar-refractivity contribution in [3.8, 4) is 5.75 Å². The molecule has 1 aromatic carbocycles. The van der Waals surface area contributed by atoms with E-state index in [0.29, 0.717) is 12.5 Å². The van der Waals surface area contributed by atoms with E-state index in [-0.39, 0.29) is 5.60 Å². The van der Waals surface area contributed by atoms with Crippen molar-refractivity contribution in [2.75, 3.05) is 19.8 Å². The molecule has 0 amide bonds. The molecule has 1 aliphatic carbocycles. The predicted molar refractivity (Wildman–Crippen MR) is 80.1 cm³/mol. The van der Waals surface area contributed by atoms with Crippen LogP contribution in [0.2, 0.25) is 0 Å². The SMILES string of the molecule is NCC1(OCC2COc3ccccc32)CCCCCC1. The van der Waals surface area contributed by atoms with Gasteiger partial charge in [0.15, 0.2) is 0 Å². The van der Waals surface area contributed by atoms with Crippen LogP contribution in [0.15, 0.2) is 24.3 Å². The zero-order valence-corrected chi connectivity index (χ0v) is 12.1. The van der Waals surface area contributed by atoms with Crippen LogP contribution >= 0.6 is 0 Å². The van der Waals surface area contributed by atoms with Crippen LogP contribution in [0.3, 0.4) is 0 Å². The molecular formula is C17H25NO2. The number of hydrogen-bond acceptors (Lipinski definition) is 3. The summed E-state index contributed by atoms with van der Waals surface area (Å²) in [6, 6.07) is 8.29. The minimum absolute atomic E-state index is 0.0893. The fourth-order valence-electron chi connectivity index (χ4n) is 3.42. The first-order valence-corrected chi connectivity index (χ1v) is 7.89. The van der Waals surface area contributed by atoms with Gasteiger partial charge in [0, 0.05) is 18.0 Å². The van der Waals surface area contributed by atoms with Crippen molar-refractivity contribution in [3.63, 3.8) is 0 Å². The molecule has 0 saturated heterocycles. The Bertz CT molecular complexity index is 438. The minimum atomic E-state index is -0.0893. The number of ether oxygens (including phenoxy) is 2. The number of para-hydroxylation sites is 1. The van der Waals surface area contributed by atoms with Gasteiger partial charge in [-0.1, -0.05) is 43.9 Å². The van der Waals surface area contributed by atoms with Crippen molar-refractivity contribution in [1.82, 2.24) is 0 Å². The van der Waals surface area contributed by atoms with E-state index in [0.717, 1.165) is 31.8 Å². The van der Waals surface area contributed by atoms with Crippen LogP contribution in [0.4, 0.5) is 0 Å².